The molecule has 0 spiro atoms. The lowest BCUT2D eigenvalue weighted by molar-refractivity contribution is 0.103. The molecule has 0 saturated heterocycles. The predicted molar refractivity (Wildman–Crippen MR) is 105 cm³/mol. The van der Waals surface area contributed by atoms with Crippen LogP contribution in [-0.4, -0.2) is 10.9 Å². The fourth-order valence-electron chi connectivity index (χ4n) is 3.13. The molecule has 2 aromatic heterocycles. The highest BCUT2D eigenvalue weighted by atomic mass is 35.5. The van der Waals surface area contributed by atoms with E-state index in [4.69, 9.17) is 11.6 Å². The minimum absolute atomic E-state index is 0.202. The molecule has 0 bridgehead atoms. The van der Waals surface area contributed by atoms with E-state index in [1.165, 1.54) is 33.1 Å². The van der Waals surface area contributed by atoms with Crippen LogP contribution in [0.5, 0.6) is 0 Å². The highest BCUT2D eigenvalue weighted by Crippen LogP contribution is 2.41. The molecular formula is C19H11ClN2OS2. The molecule has 5 rings (SSSR count). The van der Waals surface area contributed by atoms with Crippen LogP contribution in [0.25, 0.3) is 21.3 Å². The maximum absolute atomic E-state index is 12.7. The van der Waals surface area contributed by atoms with Crippen LogP contribution >= 0.6 is 34.3 Å². The molecule has 0 atom stereocenters. The van der Waals surface area contributed by atoms with E-state index in [2.05, 4.69) is 22.4 Å². The number of nitrogens with zero attached hydrogens (tertiary/aromatic N) is 1. The fraction of sp³-hybridized carbons (Fsp3) is 0.0526. The lowest BCUT2D eigenvalue weighted by atomic mass is 10.1. The molecule has 1 N–H and O–H groups in total. The molecule has 1 aliphatic carbocycles. The van der Waals surface area contributed by atoms with Crippen molar-refractivity contribution in [3.63, 3.8) is 0 Å². The Morgan fingerprint density at radius 2 is 1.88 bits per heavy atom. The third kappa shape index (κ3) is 2.39. The summed E-state index contributed by atoms with van der Waals surface area (Å²) in [5, 5.41) is 4.96. The van der Waals surface area contributed by atoms with Crippen LogP contribution in [0.3, 0.4) is 0 Å². The van der Waals surface area contributed by atoms with Crippen LogP contribution in [0.1, 0.15) is 20.1 Å². The Morgan fingerprint density at radius 3 is 2.76 bits per heavy atom. The molecule has 4 aromatic rings. The molecule has 1 amide bonds. The number of thiophene rings is 1. The summed E-state index contributed by atoms with van der Waals surface area (Å²) in [7, 11) is 0. The van der Waals surface area contributed by atoms with E-state index in [1.807, 2.05) is 36.4 Å². The summed E-state index contributed by atoms with van der Waals surface area (Å²) in [6, 6.07) is 16.0. The first-order chi connectivity index (χ1) is 12.2. The summed E-state index contributed by atoms with van der Waals surface area (Å²) in [5.41, 5.74) is 3.44. The Labute approximate surface area is 156 Å². The number of hydrogen-bond donors (Lipinski definition) is 1. The van der Waals surface area contributed by atoms with Gasteiger partial charge in [0.2, 0.25) is 0 Å². The van der Waals surface area contributed by atoms with Crippen molar-refractivity contribution >= 4 is 55.4 Å². The zero-order valence-corrected chi connectivity index (χ0v) is 15.3. The van der Waals surface area contributed by atoms with Crippen molar-refractivity contribution in [1.29, 1.82) is 0 Å². The van der Waals surface area contributed by atoms with Crippen LogP contribution in [0.15, 0.2) is 48.5 Å². The van der Waals surface area contributed by atoms with Gasteiger partial charge < -0.3 is 0 Å². The van der Waals surface area contributed by atoms with Crippen molar-refractivity contribution in [1.82, 2.24) is 4.98 Å². The number of carbonyl (C=O) groups is 1. The molecular weight excluding hydrogens is 372 g/mol. The smallest absolute Gasteiger partial charge is 0.269 e. The molecule has 0 radical (unpaired) electrons. The van der Waals surface area contributed by atoms with Gasteiger partial charge >= 0.3 is 0 Å². The summed E-state index contributed by atoms with van der Waals surface area (Å²) in [6.45, 7) is 0. The van der Waals surface area contributed by atoms with Crippen molar-refractivity contribution in [2.24, 2.45) is 0 Å². The number of hydrogen-bond acceptors (Lipinski definition) is 4. The zero-order valence-electron chi connectivity index (χ0n) is 12.9. The van der Waals surface area contributed by atoms with Crippen molar-refractivity contribution in [2.45, 2.75) is 6.42 Å². The second-order valence-electron chi connectivity index (χ2n) is 5.82. The monoisotopic (exact) mass is 382 g/mol. The van der Waals surface area contributed by atoms with Crippen LogP contribution in [0.4, 0.5) is 5.13 Å². The van der Waals surface area contributed by atoms with Crippen molar-refractivity contribution in [3.8, 4) is 11.3 Å². The first-order valence-corrected chi connectivity index (χ1v) is 9.78. The van der Waals surface area contributed by atoms with Crippen LogP contribution < -0.4 is 5.32 Å². The molecule has 25 heavy (non-hydrogen) atoms. The Bertz CT molecular complexity index is 1150. The Balaban J connectivity index is 1.47. The minimum atomic E-state index is -0.202. The first kappa shape index (κ1) is 15.1. The molecule has 0 saturated carbocycles. The van der Waals surface area contributed by atoms with E-state index in [9.17, 15) is 4.79 Å². The van der Waals surface area contributed by atoms with Crippen molar-refractivity contribution in [2.75, 3.05) is 5.32 Å². The largest absolute Gasteiger partial charge is 0.297 e. The van der Waals surface area contributed by atoms with Gasteiger partial charge in [-0.1, -0.05) is 54.1 Å². The van der Waals surface area contributed by atoms with Gasteiger partial charge in [-0.25, -0.2) is 4.98 Å². The molecule has 0 fully saturated rings. The van der Waals surface area contributed by atoms with Gasteiger partial charge in [-0.3, -0.25) is 10.1 Å². The third-order valence-corrected chi connectivity index (χ3v) is 6.93. The Morgan fingerprint density at radius 1 is 1.08 bits per heavy atom. The number of amides is 1. The van der Waals surface area contributed by atoms with Gasteiger partial charge in [0.05, 0.1) is 10.7 Å². The number of carbonyl (C=O) groups excluding carboxylic acids is 1. The highest BCUT2D eigenvalue weighted by molar-refractivity contribution is 7.22. The first-order valence-electron chi connectivity index (χ1n) is 7.77. The number of nitrogens with one attached hydrogen (secondary N) is 1. The molecule has 2 heterocycles. The number of benzene rings is 2. The number of halogens is 1. The number of thiazole rings is 1. The second-order valence-corrected chi connectivity index (χ2v) is 8.33. The zero-order chi connectivity index (χ0) is 17.0. The summed E-state index contributed by atoms with van der Waals surface area (Å²) >= 11 is 9.33. The van der Waals surface area contributed by atoms with E-state index in [0.29, 0.717) is 15.0 Å². The molecule has 1 aliphatic rings. The van der Waals surface area contributed by atoms with Crippen LogP contribution in [0.2, 0.25) is 5.02 Å². The van der Waals surface area contributed by atoms with E-state index >= 15 is 0 Å². The maximum Gasteiger partial charge on any atom is 0.269 e. The number of anilines is 1. The Hall–Kier alpha value is -2.21. The molecule has 0 unspecified atom stereocenters. The van der Waals surface area contributed by atoms with Crippen LogP contribution in [-0.2, 0) is 6.42 Å². The average molecular weight is 383 g/mol. The second kappa shape index (κ2) is 5.66. The predicted octanol–water partition coefficient (Wildman–Crippen LogP) is 5.83. The molecule has 3 nitrogen and oxygen atoms in total. The molecule has 2 aromatic carbocycles. The lowest BCUT2D eigenvalue weighted by Gasteiger charge is -2.01. The third-order valence-electron chi connectivity index (χ3n) is 4.28. The summed E-state index contributed by atoms with van der Waals surface area (Å²) in [4.78, 5) is 19.0. The van der Waals surface area contributed by atoms with E-state index < -0.39 is 0 Å². The van der Waals surface area contributed by atoms with Crippen molar-refractivity contribution < 1.29 is 4.79 Å². The number of rotatable bonds is 2. The van der Waals surface area contributed by atoms with Gasteiger partial charge in [0.15, 0.2) is 5.13 Å². The van der Waals surface area contributed by atoms with Crippen LogP contribution in [0, 0.1) is 0 Å². The van der Waals surface area contributed by atoms with E-state index in [-0.39, 0.29) is 5.91 Å². The molecule has 0 aliphatic heterocycles. The summed E-state index contributed by atoms with van der Waals surface area (Å²) in [5.74, 6) is -0.202. The fourth-order valence-corrected chi connectivity index (χ4v) is 5.53. The van der Waals surface area contributed by atoms with Crippen molar-refractivity contribution in [3.05, 3.63) is 68.9 Å². The normalized spacial score (nSPS) is 12.2. The standard InChI is InChI=1S/C19H11ClN2OS2/c20-15-12-7-3-4-8-13(12)24-17(15)18(23)22-19-21-16-11-6-2-1-5-10(11)9-14(16)25-19/h1-8H,9H2,(H,21,22,23). The number of aromatic nitrogens is 1. The average Bonchev–Trinajstić information content (AvgIpc) is 3.26. The van der Waals surface area contributed by atoms with Gasteiger partial charge in [-0.05, 0) is 11.6 Å². The number of fused-ring (bicyclic) bond motifs is 4. The van der Waals surface area contributed by atoms with Gasteiger partial charge in [0, 0.05) is 26.9 Å². The topological polar surface area (TPSA) is 42.0 Å². The maximum atomic E-state index is 12.7. The van der Waals surface area contributed by atoms with Gasteiger partial charge in [0.1, 0.15) is 4.88 Å². The molecule has 6 heteroatoms. The summed E-state index contributed by atoms with van der Waals surface area (Å²) < 4.78 is 1.01. The Kier molecular flexibility index (Phi) is 3.41. The highest BCUT2D eigenvalue weighted by Gasteiger charge is 2.24. The van der Waals surface area contributed by atoms with Gasteiger partial charge in [0.25, 0.3) is 5.91 Å². The lowest BCUT2D eigenvalue weighted by Crippen LogP contribution is -2.10. The van der Waals surface area contributed by atoms with E-state index in [1.54, 1.807) is 0 Å². The molecule has 122 valence electrons. The SMILES string of the molecule is O=C(Nc1nc2c(s1)Cc1ccccc1-2)c1sc2ccccc2c1Cl. The van der Waals surface area contributed by atoms with Gasteiger partial charge in [-0.15, -0.1) is 22.7 Å². The summed E-state index contributed by atoms with van der Waals surface area (Å²) in [6.07, 6.45) is 0.878. The quantitative estimate of drug-likeness (QED) is 0.417. The minimum Gasteiger partial charge on any atom is -0.297 e. The van der Waals surface area contributed by atoms with Gasteiger partial charge in [-0.2, -0.15) is 0 Å². The van der Waals surface area contributed by atoms with E-state index in [0.717, 1.165) is 27.8 Å².